The SMILES string of the molecule is COc1cc(NC(=O)NCC2CC(=O)N(c3ccc(Cl)cc3)C2)cc(OC)c1. The minimum atomic E-state index is -0.354. The Kier molecular flexibility index (Phi) is 6.26. The fourth-order valence-corrected chi connectivity index (χ4v) is 3.21. The number of benzene rings is 2. The first-order valence-corrected chi connectivity index (χ1v) is 9.20. The van der Waals surface area contributed by atoms with E-state index in [-0.39, 0.29) is 17.9 Å². The van der Waals surface area contributed by atoms with Gasteiger partial charge in [-0.1, -0.05) is 11.6 Å². The van der Waals surface area contributed by atoms with E-state index < -0.39 is 0 Å². The van der Waals surface area contributed by atoms with Crippen molar-refractivity contribution >= 4 is 34.9 Å². The number of carbonyl (C=O) groups excluding carboxylic acids is 2. The summed E-state index contributed by atoms with van der Waals surface area (Å²) >= 11 is 5.90. The van der Waals surface area contributed by atoms with Crippen molar-refractivity contribution in [1.29, 1.82) is 0 Å². The van der Waals surface area contributed by atoms with Gasteiger partial charge in [-0.15, -0.1) is 0 Å². The number of carbonyl (C=O) groups is 2. The van der Waals surface area contributed by atoms with Crippen LogP contribution in [0.25, 0.3) is 0 Å². The standard InChI is InChI=1S/C20H22ClN3O4/c1-27-17-8-15(9-18(10-17)28-2)23-20(26)22-11-13-7-19(25)24(12-13)16-5-3-14(21)4-6-16/h3-6,8-10,13H,7,11-12H2,1-2H3,(H2,22,23,26). The van der Waals surface area contributed by atoms with Crippen molar-refractivity contribution in [2.75, 3.05) is 37.5 Å². The second-order valence-corrected chi connectivity index (χ2v) is 6.92. The molecule has 3 amide bonds. The average Bonchev–Trinajstić information content (AvgIpc) is 3.07. The molecule has 1 heterocycles. The number of hydrogen-bond acceptors (Lipinski definition) is 4. The lowest BCUT2D eigenvalue weighted by atomic mass is 10.1. The van der Waals surface area contributed by atoms with Gasteiger partial charge in [-0.2, -0.15) is 0 Å². The zero-order valence-electron chi connectivity index (χ0n) is 15.7. The summed E-state index contributed by atoms with van der Waals surface area (Å²) in [6, 6.07) is 11.9. The van der Waals surface area contributed by atoms with Crippen LogP contribution in [0.2, 0.25) is 5.02 Å². The normalized spacial score (nSPS) is 16.0. The monoisotopic (exact) mass is 403 g/mol. The van der Waals surface area contributed by atoms with Crippen LogP contribution >= 0.6 is 11.6 Å². The summed E-state index contributed by atoms with van der Waals surface area (Å²) in [5, 5.41) is 6.19. The third kappa shape index (κ3) is 4.86. The molecule has 1 atom stereocenters. The zero-order valence-corrected chi connectivity index (χ0v) is 16.5. The Morgan fingerprint density at radius 2 is 1.79 bits per heavy atom. The number of anilines is 2. The molecule has 2 aromatic carbocycles. The predicted octanol–water partition coefficient (Wildman–Crippen LogP) is 3.53. The van der Waals surface area contributed by atoms with Crippen LogP contribution in [-0.4, -0.2) is 39.2 Å². The van der Waals surface area contributed by atoms with Gasteiger partial charge in [-0.05, 0) is 24.3 Å². The molecule has 2 N–H and O–H groups in total. The first-order valence-electron chi connectivity index (χ1n) is 8.82. The Morgan fingerprint density at radius 1 is 1.14 bits per heavy atom. The summed E-state index contributed by atoms with van der Waals surface area (Å²) in [5.41, 5.74) is 1.36. The van der Waals surface area contributed by atoms with Gasteiger partial charge >= 0.3 is 6.03 Å². The maximum Gasteiger partial charge on any atom is 0.319 e. The lowest BCUT2D eigenvalue weighted by Crippen LogP contribution is -2.34. The van der Waals surface area contributed by atoms with E-state index in [1.807, 2.05) is 12.1 Å². The molecule has 1 unspecified atom stereocenters. The Hall–Kier alpha value is -2.93. The largest absolute Gasteiger partial charge is 0.497 e. The first kappa shape index (κ1) is 19.8. The van der Waals surface area contributed by atoms with Gasteiger partial charge in [0.25, 0.3) is 0 Å². The topological polar surface area (TPSA) is 79.9 Å². The lowest BCUT2D eigenvalue weighted by Gasteiger charge is -2.17. The van der Waals surface area contributed by atoms with E-state index in [0.29, 0.717) is 41.7 Å². The summed E-state index contributed by atoms with van der Waals surface area (Å²) in [5.74, 6) is 1.23. The molecule has 1 aliphatic heterocycles. The molecule has 0 aromatic heterocycles. The third-order valence-corrected chi connectivity index (χ3v) is 4.76. The van der Waals surface area contributed by atoms with E-state index in [9.17, 15) is 9.59 Å². The second-order valence-electron chi connectivity index (χ2n) is 6.49. The molecule has 148 valence electrons. The number of ether oxygens (including phenoxy) is 2. The highest BCUT2D eigenvalue weighted by atomic mass is 35.5. The van der Waals surface area contributed by atoms with E-state index in [0.717, 1.165) is 5.69 Å². The fraction of sp³-hybridized carbons (Fsp3) is 0.300. The second kappa shape index (κ2) is 8.84. The molecule has 28 heavy (non-hydrogen) atoms. The van der Waals surface area contributed by atoms with Gasteiger partial charge in [0.05, 0.1) is 14.2 Å². The van der Waals surface area contributed by atoms with Gasteiger partial charge in [0.2, 0.25) is 5.91 Å². The summed E-state index contributed by atoms with van der Waals surface area (Å²) in [4.78, 5) is 26.2. The fourth-order valence-electron chi connectivity index (χ4n) is 3.08. The minimum Gasteiger partial charge on any atom is -0.497 e. The summed E-state index contributed by atoms with van der Waals surface area (Å²) < 4.78 is 10.4. The van der Waals surface area contributed by atoms with Crippen molar-refractivity contribution in [1.82, 2.24) is 5.32 Å². The number of amides is 3. The van der Waals surface area contributed by atoms with E-state index in [2.05, 4.69) is 10.6 Å². The van der Waals surface area contributed by atoms with E-state index in [1.54, 1.807) is 49.5 Å². The number of hydrogen-bond donors (Lipinski definition) is 2. The van der Waals surface area contributed by atoms with Crippen molar-refractivity contribution < 1.29 is 19.1 Å². The molecule has 1 aliphatic rings. The Labute approximate surface area is 168 Å². The summed E-state index contributed by atoms with van der Waals surface area (Å²) in [7, 11) is 3.09. The van der Waals surface area contributed by atoms with Crippen molar-refractivity contribution in [3.8, 4) is 11.5 Å². The van der Waals surface area contributed by atoms with Crippen LogP contribution in [0.4, 0.5) is 16.2 Å². The van der Waals surface area contributed by atoms with Crippen LogP contribution in [0, 0.1) is 5.92 Å². The highest BCUT2D eigenvalue weighted by Gasteiger charge is 2.30. The molecule has 0 spiro atoms. The van der Waals surface area contributed by atoms with Crippen LogP contribution in [-0.2, 0) is 4.79 Å². The summed E-state index contributed by atoms with van der Waals surface area (Å²) in [6.07, 6.45) is 0.385. The van der Waals surface area contributed by atoms with Crippen LogP contribution in [0.15, 0.2) is 42.5 Å². The Morgan fingerprint density at radius 3 is 2.39 bits per heavy atom. The van der Waals surface area contributed by atoms with E-state index in [1.165, 1.54) is 0 Å². The molecule has 1 saturated heterocycles. The van der Waals surface area contributed by atoms with Crippen LogP contribution < -0.4 is 25.0 Å². The lowest BCUT2D eigenvalue weighted by molar-refractivity contribution is -0.117. The highest BCUT2D eigenvalue weighted by Crippen LogP contribution is 2.27. The Balaban J connectivity index is 1.54. The molecule has 0 bridgehead atoms. The Bertz CT molecular complexity index is 835. The number of urea groups is 1. The van der Waals surface area contributed by atoms with Gasteiger partial charge in [0, 0.05) is 60.0 Å². The molecule has 7 nitrogen and oxygen atoms in total. The molecular formula is C20H22ClN3O4. The van der Waals surface area contributed by atoms with Gasteiger partial charge in [-0.3, -0.25) is 4.79 Å². The van der Waals surface area contributed by atoms with Gasteiger partial charge in [0.15, 0.2) is 0 Å². The molecule has 0 radical (unpaired) electrons. The average molecular weight is 404 g/mol. The molecule has 2 aromatic rings. The number of rotatable bonds is 6. The number of nitrogens with one attached hydrogen (secondary N) is 2. The maximum absolute atomic E-state index is 12.3. The minimum absolute atomic E-state index is 0.0343. The number of nitrogens with zero attached hydrogens (tertiary/aromatic N) is 1. The van der Waals surface area contributed by atoms with E-state index in [4.69, 9.17) is 21.1 Å². The third-order valence-electron chi connectivity index (χ3n) is 4.50. The van der Waals surface area contributed by atoms with Crippen LogP contribution in [0.1, 0.15) is 6.42 Å². The zero-order chi connectivity index (χ0) is 20.1. The molecule has 3 rings (SSSR count). The van der Waals surface area contributed by atoms with Crippen LogP contribution in [0.5, 0.6) is 11.5 Å². The van der Waals surface area contributed by atoms with Crippen LogP contribution in [0.3, 0.4) is 0 Å². The molecule has 8 heteroatoms. The summed E-state index contributed by atoms with van der Waals surface area (Å²) in [6.45, 7) is 0.941. The maximum atomic E-state index is 12.3. The molecule has 0 aliphatic carbocycles. The molecule has 1 fully saturated rings. The number of methoxy groups -OCH3 is 2. The first-order chi connectivity index (χ1) is 13.5. The smallest absolute Gasteiger partial charge is 0.319 e. The predicted molar refractivity (Wildman–Crippen MR) is 108 cm³/mol. The van der Waals surface area contributed by atoms with Crippen molar-refractivity contribution in [2.45, 2.75) is 6.42 Å². The van der Waals surface area contributed by atoms with Crippen molar-refractivity contribution in [2.24, 2.45) is 5.92 Å². The van der Waals surface area contributed by atoms with Crippen molar-refractivity contribution in [3.63, 3.8) is 0 Å². The number of halogens is 1. The highest BCUT2D eigenvalue weighted by molar-refractivity contribution is 6.30. The van der Waals surface area contributed by atoms with E-state index >= 15 is 0 Å². The van der Waals surface area contributed by atoms with Crippen molar-refractivity contribution in [3.05, 3.63) is 47.5 Å². The molecule has 0 saturated carbocycles. The van der Waals surface area contributed by atoms with Gasteiger partial charge in [0.1, 0.15) is 11.5 Å². The molecular weight excluding hydrogens is 382 g/mol. The van der Waals surface area contributed by atoms with Gasteiger partial charge in [-0.25, -0.2) is 4.79 Å². The van der Waals surface area contributed by atoms with Gasteiger partial charge < -0.3 is 25.0 Å². The quantitative estimate of drug-likeness (QED) is 0.773.